The third-order valence-corrected chi connectivity index (χ3v) is 5.42. The van der Waals surface area contributed by atoms with Gasteiger partial charge in [-0.05, 0) is 43.0 Å². The SMILES string of the molecule is CC(C)c1ccccc1OCCCn1c(C(C)NC(=O)C(C)(C)C)nc2ccccc21. The average molecular weight is 422 g/mol. The highest BCUT2D eigenvalue weighted by Gasteiger charge is 2.25. The van der Waals surface area contributed by atoms with E-state index in [1.807, 2.05) is 58.0 Å². The van der Waals surface area contributed by atoms with Crippen molar-refractivity contribution in [3.8, 4) is 5.75 Å². The molecule has 1 unspecified atom stereocenters. The second-order valence-electron chi connectivity index (χ2n) is 9.45. The topological polar surface area (TPSA) is 56.1 Å². The molecule has 31 heavy (non-hydrogen) atoms. The molecule has 3 rings (SSSR count). The van der Waals surface area contributed by atoms with Crippen molar-refractivity contribution < 1.29 is 9.53 Å². The maximum Gasteiger partial charge on any atom is 0.225 e. The van der Waals surface area contributed by atoms with Gasteiger partial charge in [0.15, 0.2) is 0 Å². The summed E-state index contributed by atoms with van der Waals surface area (Å²) in [6.07, 6.45) is 0.847. The van der Waals surface area contributed by atoms with Crippen LogP contribution in [0.4, 0.5) is 0 Å². The summed E-state index contributed by atoms with van der Waals surface area (Å²) in [7, 11) is 0. The molecule has 2 aromatic carbocycles. The molecule has 1 atom stereocenters. The molecule has 1 N–H and O–H groups in total. The molecule has 1 heterocycles. The van der Waals surface area contributed by atoms with E-state index in [1.54, 1.807) is 0 Å². The van der Waals surface area contributed by atoms with Crippen LogP contribution in [0.3, 0.4) is 0 Å². The first-order valence-corrected chi connectivity index (χ1v) is 11.2. The van der Waals surface area contributed by atoms with Crippen LogP contribution >= 0.6 is 0 Å². The molecule has 0 bridgehead atoms. The van der Waals surface area contributed by atoms with Crippen LogP contribution < -0.4 is 10.1 Å². The normalized spacial score (nSPS) is 12.9. The number of nitrogens with one attached hydrogen (secondary N) is 1. The Morgan fingerprint density at radius 3 is 2.45 bits per heavy atom. The zero-order valence-electron chi connectivity index (χ0n) is 19.6. The molecule has 166 valence electrons. The van der Waals surface area contributed by atoms with Gasteiger partial charge in [0.05, 0.1) is 23.7 Å². The number of fused-ring (bicyclic) bond motifs is 1. The van der Waals surface area contributed by atoms with Crippen molar-refractivity contribution in [1.82, 2.24) is 14.9 Å². The van der Waals surface area contributed by atoms with Gasteiger partial charge < -0.3 is 14.6 Å². The lowest BCUT2D eigenvalue weighted by atomic mass is 9.95. The minimum absolute atomic E-state index is 0.0206. The summed E-state index contributed by atoms with van der Waals surface area (Å²) >= 11 is 0. The number of hydrogen-bond acceptors (Lipinski definition) is 3. The number of benzene rings is 2. The number of hydrogen-bond donors (Lipinski definition) is 1. The van der Waals surface area contributed by atoms with Crippen LogP contribution in [-0.2, 0) is 11.3 Å². The summed E-state index contributed by atoms with van der Waals surface area (Å²) in [6, 6.07) is 16.2. The first kappa shape index (κ1) is 22.9. The highest BCUT2D eigenvalue weighted by atomic mass is 16.5. The first-order chi connectivity index (χ1) is 14.7. The number of amides is 1. The highest BCUT2D eigenvalue weighted by molar-refractivity contribution is 5.82. The van der Waals surface area contributed by atoms with Crippen LogP contribution in [-0.4, -0.2) is 22.1 Å². The van der Waals surface area contributed by atoms with Gasteiger partial charge in [-0.1, -0.05) is 65.0 Å². The molecule has 3 aromatic rings. The number of imidazole rings is 1. The van der Waals surface area contributed by atoms with Gasteiger partial charge in [-0.3, -0.25) is 4.79 Å². The summed E-state index contributed by atoms with van der Waals surface area (Å²) in [5.74, 6) is 2.28. The van der Waals surface area contributed by atoms with Gasteiger partial charge in [-0.15, -0.1) is 0 Å². The molecule has 5 nitrogen and oxygen atoms in total. The minimum atomic E-state index is -0.442. The maximum atomic E-state index is 12.5. The highest BCUT2D eigenvalue weighted by Crippen LogP contribution is 2.26. The van der Waals surface area contributed by atoms with Gasteiger partial charge in [-0.25, -0.2) is 4.98 Å². The van der Waals surface area contributed by atoms with Crippen molar-refractivity contribution in [1.29, 1.82) is 0 Å². The monoisotopic (exact) mass is 421 g/mol. The predicted molar refractivity (Wildman–Crippen MR) is 126 cm³/mol. The van der Waals surface area contributed by atoms with E-state index in [0.29, 0.717) is 12.5 Å². The molecule has 0 aliphatic rings. The van der Waals surface area contributed by atoms with E-state index in [0.717, 1.165) is 35.6 Å². The summed E-state index contributed by atoms with van der Waals surface area (Å²) in [5, 5.41) is 3.12. The van der Waals surface area contributed by atoms with Gasteiger partial charge in [0, 0.05) is 12.0 Å². The molecule has 5 heteroatoms. The van der Waals surface area contributed by atoms with Crippen molar-refractivity contribution >= 4 is 16.9 Å². The van der Waals surface area contributed by atoms with E-state index in [9.17, 15) is 4.79 Å². The smallest absolute Gasteiger partial charge is 0.225 e. The van der Waals surface area contributed by atoms with Crippen LogP contribution in [0.1, 0.15) is 71.3 Å². The van der Waals surface area contributed by atoms with Crippen molar-refractivity contribution in [3.05, 3.63) is 59.9 Å². The molecule has 0 radical (unpaired) electrons. The number of aryl methyl sites for hydroxylation is 1. The maximum absolute atomic E-state index is 12.5. The zero-order valence-corrected chi connectivity index (χ0v) is 19.6. The molecule has 1 amide bonds. The van der Waals surface area contributed by atoms with Crippen molar-refractivity contribution in [2.24, 2.45) is 5.41 Å². The summed E-state index contributed by atoms with van der Waals surface area (Å²) in [5.41, 5.74) is 2.81. The summed E-state index contributed by atoms with van der Waals surface area (Å²) in [4.78, 5) is 17.3. The molecule has 1 aromatic heterocycles. The van der Waals surface area contributed by atoms with Gasteiger partial charge in [0.2, 0.25) is 5.91 Å². The fourth-order valence-electron chi connectivity index (χ4n) is 3.63. The lowest BCUT2D eigenvalue weighted by molar-refractivity contribution is -0.129. The molecular weight excluding hydrogens is 386 g/mol. The average Bonchev–Trinajstić information content (AvgIpc) is 3.09. The largest absolute Gasteiger partial charge is 0.493 e. The molecule has 0 aliphatic heterocycles. The standard InChI is InChI=1S/C26H35N3O2/c1-18(2)20-12-7-10-15-23(20)31-17-11-16-29-22-14-9-8-13-21(22)28-24(29)19(3)27-25(30)26(4,5)6/h7-10,12-15,18-19H,11,16-17H2,1-6H3,(H,27,30). The van der Waals surface area contributed by atoms with Crippen molar-refractivity contribution in [2.75, 3.05) is 6.61 Å². The second-order valence-corrected chi connectivity index (χ2v) is 9.45. The van der Waals surface area contributed by atoms with E-state index in [1.165, 1.54) is 5.56 Å². The molecule has 0 saturated heterocycles. The van der Waals surface area contributed by atoms with E-state index in [-0.39, 0.29) is 11.9 Å². The Kier molecular flexibility index (Phi) is 7.04. The Morgan fingerprint density at radius 1 is 1.06 bits per heavy atom. The van der Waals surface area contributed by atoms with E-state index in [2.05, 4.69) is 41.9 Å². The third-order valence-electron chi connectivity index (χ3n) is 5.42. The number of nitrogens with zero attached hydrogens (tertiary/aromatic N) is 2. The van der Waals surface area contributed by atoms with E-state index < -0.39 is 5.41 Å². The summed E-state index contributed by atoms with van der Waals surface area (Å²) < 4.78 is 8.32. The van der Waals surface area contributed by atoms with Gasteiger partial charge >= 0.3 is 0 Å². The fraction of sp³-hybridized carbons (Fsp3) is 0.462. The third kappa shape index (κ3) is 5.46. The Morgan fingerprint density at radius 2 is 1.74 bits per heavy atom. The number of para-hydroxylation sites is 3. The summed E-state index contributed by atoms with van der Waals surface area (Å²) in [6.45, 7) is 13.5. The molecule has 0 spiro atoms. The van der Waals surface area contributed by atoms with Crippen LogP contribution in [0.15, 0.2) is 48.5 Å². The van der Waals surface area contributed by atoms with Crippen molar-refractivity contribution in [3.63, 3.8) is 0 Å². The van der Waals surface area contributed by atoms with Crippen LogP contribution in [0.5, 0.6) is 5.75 Å². The molecular formula is C26H35N3O2. The van der Waals surface area contributed by atoms with Crippen LogP contribution in [0.25, 0.3) is 11.0 Å². The van der Waals surface area contributed by atoms with E-state index >= 15 is 0 Å². The molecule has 0 aliphatic carbocycles. The Labute approximate surface area is 185 Å². The number of ether oxygens (including phenoxy) is 1. The minimum Gasteiger partial charge on any atom is -0.493 e. The van der Waals surface area contributed by atoms with Crippen LogP contribution in [0, 0.1) is 5.41 Å². The number of rotatable bonds is 8. The molecule has 0 fully saturated rings. The Bertz CT molecular complexity index is 1030. The number of carbonyl (C=O) groups excluding carboxylic acids is 1. The second kappa shape index (κ2) is 9.54. The fourth-order valence-corrected chi connectivity index (χ4v) is 3.63. The van der Waals surface area contributed by atoms with E-state index in [4.69, 9.17) is 9.72 Å². The first-order valence-electron chi connectivity index (χ1n) is 11.2. The quantitative estimate of drug-likeness (QED) is 0.464. The predicted octanol–water partition coefficient (Wildman–Crippen LogP) is 5.85. The van der Waals surface area contributed by atoms with Gasteiger partial charge in [-0.2, -0.15) is 0 Å². The lowest BCUT2D eigenvalue weighted by Crippen LogP contribution is -2.37. The molecule has 0 saturated carbocycles. The Balaban J connectivity index is 1.74. The van der Waals surface area contributed by atoms with Gasteiger partial charge in [0.25, 0.3) is 0 Å². The number of aromatic nitrogens is 2. The Hall–Kier alpha value is -2.82. The van der Waals surface area contributed by atoms with Crippen LogP contribution in [0.2, 0.25) is 0 Å². The van der Waals surface area contributed by atoms with Crippen molar-refractivity contribution in [2.45, 2.75) is 66.5 Å². The van der Waals surface area contributed by atoms with Gasteiger partial charge in [0.1, 0.15) is 11.6 Å². The number of carbonyl (C=O) groups is 1. The zero-order chi connectivity index (χ0) is 22.6. The lowest BCUT2D eigenvalue weighted by Gasteiger charge is -2.22.